The topological polar surface area (TPSA) is 53.0 Å². The molecule has 15 heavy (non-hydrogen) atoms. The molecule has 3 nitrogen and oxygen atoms in total. The smallest absolute Gasteiger partial charge is 0.550 e. The number of carboxylic acids is 1. The first kappa shape index (κ1) is 12.7. The molecule has 0 spiro atoms. The Bertz CT molecular complexity index is 336. The van der Waals surface area contributed by atoms with E-state index in [1.807, 2.05) is 18.2 Å². The number of carbonyl (C=O) groups is 1. The van der Waals surface area contributed by atoms with Crippen LogP contribution in [0.4, 0.5) is 0 Å². The van der Waals surface area contributed by atoms with Gasteiger partial charge in [0.1, 0.15) is 0 Å². The molecule has 0 bridgehead atoms. The van der Waals surface area contributed by atoms with E-state index in [0.29, 0.717) is 0 Å². The number of hydrogen-bond donors (Lipinski definition) is 0. The first-order chi connectivity index (χ1) is 6.73. The maximum Gasteiger partial charge on any atom is 1.00 e. The van der Waals surface area contributed by atoms with Gasteiger partial charge in [-0.3, -0.25) is 4.98 Å². The molecule has 1 aliphatic rings. The molecular formula is C11H12NNaO2. The summed E-state index contributed by atoms with van der Waals surface area (Å²) < 4.78 is 0. The second-order valence-electron chi connectivity index (χ2n) is 3.90. The van der Waals surface area contributed by atoms with Crippen LogP contribution in [0.3, 0.4) is 0 Å². The summed E-state index contributed by atoms with van der Waals surface area (Å²) in [5.74, 6) is -0.977. The van der Waals surface area contributed by atoms with Crippen molar-refractivity contribution < 1.29 is 39.5 Å². The van der Waals surface area contributed by atoms with Crippen molar-refractivity contribution in [3.05, 3.63) is 30.1 Å². The van der Waals surface area contributed by atoms with Gasteiger partial charge < -0.3 is 9.90 Å². The van der Waals surface area contributed by atoms with Crippen molar-refractivity contribution in [1.82, 2.24) is 4.98 Å². The van der Waals surface area contributed by atoms with Crippen LogP contribution in [0, 0.1) is 0 Å². The van der Waals surface area contributed by atoms with Crippen molar-refractivity contribution in [1.29, 1.82) is 0 Å². The van der Waals surface area contributed by atoms with Gasteiger partial charge in [0, 0.05) is 23.3 Å². The zero-order valence-corrected chi connectivity index (χ0v) is 10.9. The van der Waals surface area contributed by atoms with E-state index in [1.54, 1.807) is 6.20 Å². The summed E-state index contributed by atoms with van der Waals surface area (Å²) in [6, 6.07) is 5.65. The molecule has 74 valence electrons. The molecule has 0 saturated heterocycles. The summed E-state index contributed by atoms with van der Waals surface area (Å²) in [6.07, 6.45) is 4.73. The molecule has 1 aromatic heterocycles. The van der Waals surface area contributed by atoms with Gasteiger partial charge >= 0.3 is 29.6 Å². The van der Waals surface area contributed by atoms with E-state index >= 15 is 0 Å². The molecule has 0 amide bonds. The molecule has 0 aliphatic heterocycles. The van der Waals surface area contributed by atoms with E-state index in [4.69, 9.17) is 0 Å². The standard InChI is InChI=1S/C11H13NO2.Na/c13-10(14)8-11(5-3-6-11)9-4-1-2-7-12-9;/h1-2,4,7H,3,5-6,8H2,(H,13,14);/q;+1/p-1. The van der Waals surface area contributed by atoms with Crippen LogP contribution in [0.1, 0.15) is 31.4 Å². The largest absolute Gasteiger partial charge is 1.00 e. The fraction of sp³-hybridized carbons (Fsp3) is 0.455. The Morgan fingerprint density at radius 2 is 2.20 bits per heavy atom. The molecule has 0 radical (unpaired) electrons. The summed E-state index contributed by atoms with van der Waals surface area (Å²) in [5, 5.41) is 10.6. The van der Waals surface area contributed by atoms with Crippen molar-refractivity contribution >= 4 is 5.97 Å². The van der Waals surface area contributed by atoms with Gasteiger partial charge in [0.2, 0.25) is 0 Å². The first-order valence-electron chi connectivity index (χ1n) is 4.84. The predicted molar refractivity (Wildman–Crippen MR) is 49.4 cm³/mol. The zero-order chi connectivity index (χ0) is 10.0. The molecule has 0 unspecified atom stereocenters. The maximum absolute atomic E-state index is 10.6. The summed E-state index contributed by atoms with van der Waals surface area (Å²) in [7, 11) is 0. The van der Waals surface area contributed by atoms with Gasteiger partial charge in [0.15, 0.2) is 0 Å². The number of aromatic nitrogens is 1. The monoisotopic (exact) mass is 213 g/mol. The normalized spacial score (nSPS) is 17.3. The van der Waals surface area contributed by atoms with Gasteiger partial charge in [-0.2, -0.15) is 0 Å². The van der Waals surface area contributed by atoms with Crippen LogP contribution in [0.25, 0.3) is 0 Å². The molecule has 4 heteroatoms. The minimum absolute atomic E-state index is 0. The number of nitrogens with zero attached hydrogens (tertiary/aromatic N) is 1. The molecule has 2 rings (SSSR count). The minimum Gasteiger partial charge on any atom is -0.550 e. The molecule has 1 fully saturated rings. The predicted octanol–water partition coefficient (Wildman–Crippen LogP) is -2.35. The Morgan fingerprint density at radius 1 is 1.47 bits per heavy atom. The third-order valence-corrected chi connectivity index (χ3v) is 3.00. The Labute approximate surface area is 111 Å². The van der Waals surface area contributed by atoms with Crippen LogP contribution in [0.5, 0.6) is 0 Å². The molecular weight excluding hydrogens is 201 g/mol. The minimum atomic E-state index is -0.977. The summed E-state index contributed by atoms with van der Waals surface area (Å²) in [4.78, 5) is 14.9. The van der Waals surface area contributed by atoms with Crippen LogP contribution in [-0.4, -0.2) is 11.0 Å². The van der Waals surface area contributed by atoms with Gasteiger partial charge in [-0.15, -0.1) is 0 Å². The van der Waals surface area contributed by atoms with E-state index in [2.05, 4.69) is 4.98 Å². The van der Waals surface area contributed by atoms with Gasteiger partial charge in [-0.25, -0.2) is 0 Å². The molecule has 0 N–H and O–H groups in total. The quantitative estimate of drug-likeness (QED) is 0.528. The van der Waals surface area contributed by atoms with E-state index in [-0.39, 0.29) is 41.4 Å². The molecule has 1 heterocycles. The fourth-order valence-electron chi connectivity index (χ4n) is 2.08. The van der Waals surface area contributed by atoms with Crippen LogP contribution < -0.4 is 34.7 Å². The van der Waals surface area contributed by atoms with Crippen LogP contribution in [0.2, 0.25) is 0 Å². The van der Waals surface area contributed by atoms with Gasteiger partial charge in [-0.05, 0) is 31.4 Å². The van der Waals surface area contributed by atoms with E-state index in [9.17, 15) is 9.90 Å². The Morgan fingerprint density at radius 3 is 2.60 bits per heavy atom. The first-order valence-corrected chi connectivity index (χ1v) is 4.84. The Kier molecular flexibility index (Phi) is 4.32. The van der Waals surface area contributed by atoms with Crippen LogP contribution in [0.15, 0.2) is 24.4 Å². The number of hydrogen-bond acceptors (Lipinski definition) is 3. The van der Waals surface area contributed by atoms with Crippen molar-refractivity contribution in [3.63, 3.8) is 0 Å². The molecule has 0 aromatic carbocycles. The second-order valence-corrected chi connectivity index (χ2v) is 3.90. The number of pyridine rings is 1. The van der Waals surface area contributed by atoms with Crippen molar-refractivity contribution in [3.8, 4) is 0 Å². The number of aliphatic carboxylic acids is 1. The van der Waals surface area contributed by atoms with Gasteiger partial charge in [-0.1, -0.05) is 12.5 Å². The molecule has 1 aliphatic carbocycles. The molecule has 1 saturated carbocycles. The third kappa shape index (κ3) is 2.60. The maximum atomic E-state index is 10.6. The van der Waals surface area contributed by atoms with Crippen molar-refractivity contribution in [2.45, 2.75) is 31.1 Å². The number of carboxylic acid groups (broad SMARTS) is 1. The van der Waals surface area contributed by atoms with E-state index in [0.717, 1.165) is 25.0 Å². The SMILES string of the molecule is O=C([O-])CC1(c2ccccn2)CCC1.[Na+]. The average molecular weight is 213 g/mol. The van der Waals surface area contributed by atoms with Gasteiger partial charge in [0.25, 0.3) is 0 Å². The summed E-state index contributed by atoms with van der Waals surface area (Å²) >= 11 is 0. The third-order valence-electron chi connectivity index (χ3n) is 3.00. The molecule has 1 aromatic rings. The Hall–Kier alpha value is -0.380. The van der Waals surface area contributed by atoms with Crippen molar-refractivity contribution in [2.24, 2.45) is 0 Å². The van der Waals surface area contributed by atoms with Crippen LogP contribution >= 0.6 is 0 Å². The Balaban J connectivity index is 0.00000112. The summed E-state index contributed by atoms with van der Waals surface area (Å²) in [5.41, 5.74) is 0.663. The summed E-state index contributed by atoms with van der Waals surface area (Å²) in [6.45, 7) is 0. The number of rotatable bonds is 3. The van der Waals surface area contributed by atoms with Crippen molar-refractivity contribution in [2.75, 3.05) is 0 Å². The van der Waals surface area contributed by atoms with Gasteiger partial charge in [0.05, 0.1) is 0 Å². The second kappa shape index (κ2) is 5.10. The van der Waals surface area contributed by atoms with Crippen LogP contribution in [-0.2, 0) is 10.2 Å². The average Bonchev–Trinajstić information content (AvgIpc) is 2.12. The van der Waals surface area contributed by atoms with E-state index < -0.39 is 5.97 Å². The van der Waals surface area contributed by atoms with E-state index in [1.165, 1.54) is 0 Å². The molecule has 0 atom stereocenters. The number of carbonyl (C=O) groups excluding carboxylic acids is 1. The fourth-order valence-corrected chi connectivity index (χ4v) is 2.08. The zero-order valence-electron chi connectivity index (χ0n) is 8.90.